The molecule has 0 bridgehead atoms. The Labute approximate surface area is 209 Å². The van der Waals surface area contributed by atoms with E-state index in [2.05, 4.69) is 19.8 Å². The third-order valence-corrected chi connectivity index (χ3v) is 7.14. The molecule has 2 aliphatic rings. The number of thioether (sulfide) groups is 1. The van der Waals surface area contributed by atoms with Gasteiger partial charge in [-0.15, -0.1) is 11.8 Å². The maximum atomic E-state index is 13.0. The number of carboxylic acid groups (broad SMARTS) is 1. The minimum atomic E-state index is -1.19. The fourth-order valence-electron chi connectivity index (χ4n) is 3.96. The number of nitrogens with one attached hydrogen (secondary N) is 1. The van der Waals surface area contributed by atoms with Crippen molar-refractivity contribution < 1.29 is 28.9 Å². The average Bonchev–Trinajstić information content (AvgIpc) is 3.22. The highest BCUT2D eigenvalue weighted by Crippen LogP contribution is 2.40. The molecule has 0 saturated carbocycles. The Hall–Kier alpha value is -3.52. The van der Waals surface area contributed by atoms with Crippen molar-refractivity contribution in [2.45, 2.75) is 38.7 Å². The van der Waals surface area contributed by atoms with Gasteiger partial charge in [-0.1, -0.05) is 5.16 Å². The lowest BCUT2D eigenvalue weighted by Crippen LogP contribution is -2.71. The minimum absolute atomic E-state index is 0.0164. The summed E-state index contributed by atoms with van der Waals surface area (Å²) in [6.45, 7) is 6.17. The number of aliphatic carboxylic acids is 1. The van der Waals surface area contributed by atoms with E-state index in [4.69, 9.17) is 10.6 Å². The zero-order valence-electron chi connectivity index (χ0n) is 19.2. The van der Waals surface area contributed by atoms with Gasteiger partial charge in [0.1, 0.15) is 23.7 Å². The van der Waals surface area contributed by atoms with Crippen molar-refractivity contribution in [1.29, 1.82) is 0 Å². The van der Waals surface area contributed by atoms with E-state index in [1.807, 2.05) is 36.9 Å². The number of amides is 2. The van der Waals surface area contributed by atoms with E-state index in [1.54, 1.807) is 6.92 Å². The second-order valence-corrected chi connectivity index (χ2v) is 9.88. The van der Waals surface area contributed by atoms with Crippen molar-refractivity contribution in [3.63, 3.8) is 0 Å². The molecular weight excluding hydrogens is 494 g/mol. The highest BCUT2D eigenvalue weighted by molar-refractivity contribution is 8.00. The van der Waals surface area contributed by atoms with Gasteiger partial charge in [0.15, 0.2) is 24.1 Å². The Morgan fingerprint density at radius 3 is 2.69 bits per heavy atom. The Balaban J connectivity index is 1.54. The number of oxime groups is 1. The summed E-state index contributed by atoms with van der Waals surface area (Å²) in [5.41, 5.74) is 8.06. The van der Waals surface area contributed by atoms with Crippen LogP contribution in [0.15, 0.2) is 34.9 Å². The van der Waals surface area contributed by atoms with E-state index in [9.17, 15) is 19.5 Å². The quantitative estimate of drug-likeness (QED) is 0.192. The number of carbonyl (C=O) groups is 3. The lowest BCUT2D eigenvalue weighted by molar-refractivity contribution is -0.689. The standard InChI is InChI=1S/C21H23N7O5S2/c1-4-33-25-13(16-24-21(22)35-26-16)17(29)23-14-18(30)28-15(20(31)32)12(9-34-19(14)28)8-27-6-10(2)5-11(3)7-27/h5-7,14,19H,4,8-9H2,1-3H3,(H3-,22,23,24,26,29,31,32)/p+1/t14?,19-/m1/s1. The third kappa shape index (κ3) is 4.98. The smallest absolute Gasteiger partial charge is 0.352 e. The molecule has 35 heavy (non-hydrogen) atoms. The summed E-state index contributed by atoms with van der Waals surface area (Å²) in [4.78, 5) is 48.3. The molecule has 0 aromatic carbocycles. The number of nitrogens with zero attached hydrogens (tertiary/aromatic N) is 5. The molecule has 184 valence electrons. The van der Waals surface area contributed by atoms with Gasteiger partial charge in [0.2, 0.25) is 11.5 Å². The first-order valence-corrected chi connectivity index (χ1v) is 12.5. The number of carbonyl (C=O) groups excluding carboxylic acids is 2. The zero-order valence-corrected chi connectivity index (χ0v) is 20.9. The number of carboxylic acids is 1. The number of pyridine rings is 1. The largest absolute Gasteiger partial charge is 0.477 e. The Kier molecular flexibility index (Phi) is 7.03. The number of hydrogen-bond donors (Lipinski definition) is 3. The number of rotatable bonds is 8. The van der Waals surface area contributed by atoms with Crippen LogP contribution in [0, 0.1) is 13.8 Å². The molecule has 1 fully saturated rings. The Morgan fingerprint density at radius 1 is 1.37 bits per heavy atom. The zero-order chi connectivity index (χ0) is 25.3. The molecule has 2 aromatic rings. The van der Waals surface area contributed by atoms with E-state index in [0.717, 1.165) is 22.7 Å². The molecule has 4 heterocycles. The van der Waals surface area contributed by atoms with Crippen LogP contribution in [0.3, 0.4) is 0 Å². The van der Waals surface area contributed by atoms with Crippen molar-refractivity contribution >= 4 is 51.9 Å². The molecule has 0 spiro atoms. The van der Waals surface area contributed by atoms with Crippen molar-refractivity contribution in [3.8, 4) is 0 Å². The number of aryl methyl sites for hydroxylation is 2. The topological polar surface area (TPSA) is 164 Å². The van der Waals surface area contributed by atoms with Gasteiger partial charge in [0.05, 0.1) is 0 Å². The minimum Gasteiger partial charge on any atom is -0.477 e. The molecule has 1 saturated heterocycles. The van der Waals surface area contributed by atoms with Crippen LogP contribution in [0.25, 0.3) is 0 Å². The van der Waals surface area contributed by atoms with Crippen LogP contribution >= 0.6 is 23.3 Å². The van der Waals surface area contributed by atoms with Crippen molar-refractivity contribution in [3.05, 3.63) is 46.7 Å². The first-order valence-electron chi connectivity index (χ1n) is 10.7. The van der Waals surface area contributed by atoms with Crippen LogP contribution in [-0.4, -0.2) is 66.6 Å². The lowest BCUT2D eigenvalue weighted by Gasteiger charge is -2.49. The van der Waals surface area contributed by atoms with E-state index < -0.39 is 29.2 Å². The molecule has 0 radical (unpaired) electrons. The van der Waals surface area contributed by atoms with Gasteiger partial charge in [-0.2, -0.15) is 9.36 Å². The highest BCUT2D eigenvalue weighted by atomic mass is 32.2. The number of anilines is 1. The summed E-state index contributed by atoms with van der Waals surface area (Å²) in [6.07, 6.45) is 3.85. The van der Waals surface area contributed by atoms with Crippen molar-refractivity contribution in [1.82, 2.24) is 19.6 Å². The van der Waals surface area contributed by atoms with Crippen LogP contribution in [-0.2, 0) is 25.8 Å². The first kappa shape index (κ1) is 24.6. The van der Waals surface area contributed by atoms with Gasteiger partial charge in [-0.3, -0.25) is 14.5 Å². The molecule has 4 N–H and O–H groups in total. The van der Waals surface area contributed by atoms with Crippen LogP contribution in [0.5, 0.6) is 0 Å². The number of hydrogen-bond acceptors (Lipinski definition) is 10. The summed E-state index contributed by atoms with van der Waals surface area (Å²) >= 11 is 2.28. The van der Waals surface area contributed by atoms with E-state index in [-0.39, 0.29) is 29.0 Å². The van der Waals surface area contributed by atoms with Crippen molar-refractivity contribution in [2.75, 3.05) is 18.1 Å². The molecule has 2 aromatic heterocycles. The average molecular weight is 519 g/mol. The van der Waals surface area contributed by atoms with Gasteiger partial charge in [-0.25, -0.2) is 9.36 Å². The fourth-order valence-corrected chi connectivity index (χ4v) is 5.73. The molecule has 14 heteroatoms. The predicted molar refractivity (Wildman–Crippen MR) is 128 cm³/mol. The van der Waals surface area contributed by atoms with Gasteiger partial charge in [0.25, 0.3) is 11.8 Å². The van der Waals surface area contributed by atoms with Crippen LogP contribution in [0.2, 0.25) is 0 Å². The van der Waals surface area contributed by atoms with Crippen molar-refractivity contribution in [2.24, 2.45) is 5.16 Å². The number of nitrogen functional groups attached to an aromatic ring is 1. The predicted octanol–water partition coefficient (Wildman–Crippen LogP) is 0.204. The summed E-state index contributed by atoms with van der Waals surface area (Å²) in [5, 5.41) is 15.9. The number of fused-ring (bicyclic) bond motifs is 1. The summed E-state index contributed by atoms with van der Waals surface area (Å²) in [5.74, 6) is -2.04. The Bertz CT molecular complexity index is 1240. The molecule has 0 aliphatic carbocycles. The maximum Gasteiger partial charge on any atom is 0.352 e. The van der Waals surface area contributed by atoms with Crippen LogP contribution in [0.1, 0.15) is 23.9 Å². The third-order valence-electron chi connectivity index (χ3n) is 5.26. The molecule has 2 amide bonds. The monoisotopic (exact) mass is 518 g/mol. The molecule has 12 nitrogen and oxygen atoms in total. The summed E-state index contributed by atoms with van der Waals surface area (Å²) in [6, 6.07) is 1.10. The molecule has 1 unspecified atom stereocenters. The number of β-lactam (4-membered cyclic amide) rings is 1. The summed E-state index contributed by atoms with van der Waals surface area (Å²) in [7, 11) is 0. The van der Waals surface area contributed by atoms with E-state index in [0.29, 0.717) is 17.9 Å². The van der Waals surface area contributed by atoms with Crippen LogP contribution < -0.4 is 15.6 Å². The van der Waals surface area contributed by atoms with Gasteiger partial charge < -0.3 is 21.0 Å². The molecular formula is C21H24N7O5S2+. The van der Waals surface area contributed by atoms with E-state index >= 15 is 0 Å². The highest BCUT2D eigenvalue weighted by Gasteiger charge is 2.54. The second-order valence-electron chi connectivity index (χ2n) is 8.00. The number of nitrogens with two attached hydrogens (primary N) is 1. The molecule has 2 atom stereocenters. The fraction of sp³-hybridized carbons (Fsp3) is 0.381. The Morgan fingerprint density at radius 2 is 2.09 bits per heavy atom. The second kappa shape index (κ2) is 10.00. The number of aromatic nitrogens is 3. The first-order chi connectivity index (χ1) is 16.7. The molecule has 4 rings (SSSR count). The SMILES string of the molecule is CCON=C(C(=O)NC1C(=O)N2C(C(=O)O)=C(C[n+]3cc(C)cc(C)c3)CS[C@H]12)c1nsc(N)n1. The normalized spacial score (nSPS) is 19.8. The maximum absolute atomic E-state index is 13.0. The lowest BCUT2D eigenvalue weighted by atomic mass is 10.0. The van der Waals surface area contributed by atoms with E-state index in [1.165, 1.54) is 16.7 Å². The van der Waals surface area contributed by atoms with Gasteiger partial charge >= 0.3 is 5.97 Å². The van der Waals surface area contributed by atoms with Crippen LogP contribution in [0.4, 0.5) is 5.13 Å². The molecule has 2 aliphatic heterocycles. The van der Waals surface area contributed by atoms with Gasteiger partial charge in [0, 0.05) is 34.0 Å². The van der Waals surface area contributed by atoms with Gasteiger partial charge in [-0.05, 0) is 26.8 Å². The summed E-state index contributed by atoms with van der Waals surface area (Å²) < 4.78 is 5.90.